The van der Waals surface area contributed by atoms with E-state index >= 15 is 0 Å². The van der Waals surface area contributed by atoms with Gasteiger partial charge in [-0.1, -0.05) is 6.07 Å². The fraction of sp³-hybridized carbons (Fsp3) is 0.417. The first-order valence-corrected chi connectivity index (χ1v) is 6.52. The van der Waals surface area contributed by atoms with Crippen molar-refractivity contribution in [3.05, 3.63) is 29.3 Å². The molecule has 0 saturated carbocycles. The van der Waals surface area contributed by atoms with Gasteiger partial charge in [-0.3, -0.25) is 10.2 Å². The normalized spacial score (nSPS) is 13.6. The van der Waals surface area contributed by atoms with E-state index in [9.17, 15) is 4.79 Å². The Balaban J connectivity index is 1.88. The Morgan fingerprint density at radius 3 is 3.00 bits per heavy atom. The van der Waals surface area contributed by atoms with Crippen molar-refractivity contribution in [2.75, 3.05) is 5.75 Å². The summed E-state index contributed by atoms with van der Waals surface area (Å²) in [4.78, 5) is 12.2. The van der Waals surface area contributed by atoms with Crippen molar-refractivity contribution in [2.45, 2.75) is 30.6 Å². The van der Waals surface area contributed by atoms with Gasteiger partial charge in [-0.05, 0) is 42.5 Å². The number of hydrazine groups is 1. The van der Waals surface area contributed by atoms with E-state index in [1.807, 2.05) is 0 Å². The molecule has 0 aromatic heterocycles. The Bertz CT molecular complexity index is 393. The summed E-state index contributed by atoms with van der Waals surface area (Å²) in [6, 6.07) is 6.62. The molecule has 86 valence electrons. The molecule has 0 spiro atoms. The summed E-state index contributed by atoms with van der Waals surface area (Å²) in [5.41, 5.74) is 5.11. The highest BCUT2D eigenvalue weighted by Crippen LogP contribution is 2.27. The second-order valence-corrected chi connectivity index (χ2v) is 5.12. The number of fused-ring (bicyclic) bond motifs is 1. The van der Waals surface area contributed by atoms with E-state index in [2.05, 4.69) is 23.6 Å². The van der Waals surface area contributed by atoms with Crippen LogP contribution in [0.3, 0.4) is 0 Å². The zero-order chi connectivity index (χ0) is 11.4. The van der Waals surface area contributed by atoms with Crippen molar-refractivity contribution in [3.8, 4) is 0 Å². The molecule has 0 bridgehead atoms. The molecule has 2 rings (SSSR count). The standard InChI is InChI=1S/C12H16N2OS/c13-14-12(15)6-7-16-11-5-4-9-2-1-3-10(9)8-11/h4-5,8H,1-3,6-7,13H2,(H,14,15). The number of carbonyl (C=O) groups is 1. The summed E-state index contributed by atoms with van der Waals surface area (Å²) < 4.78 is 0. The van der Waals surface area contributed by atoms with Crippen LogP contribution in [0.15, 0.2) is 23.1 Å². The number of hydrogen-bond acceptors (Lipinski definition) is 3. The number of thioether (sulfide) groups is 1. The maximum atomic E-state index is 10.9. The number of nitrogens with two attached hydrogens (primary N) is 1. The number of hydrogen-bond donors (Lipinski definition) is 2. The van der Waals surface area contributed by atoms with Crippen LogP contribution in [0.5, 0.6) is 0 Å². The molecule has 0 aliphatic heterocycles. The van der Waals surface area contributed by atoms with Crippen molar-refractivity contribution in [2.24, 2.45) is 5.84 Å². The Kier molecular flexibility index (Phi) is 3.85. The molecule has 0 fully saturated rings. The van der Waals surface area contributed by atoms with Crippen LogP contribution in [0.25, 0.3) is 0 Å². The summed E-state index contributed by atoms with van der Waals surface area (Å²) in [5, 5.41) is 0. The van der Waals surface area contributed by atoms with Crippen LogP contribution >= 0.6 is 11.8 Å². The summed E-state index contributed by atoms with van der Waals surface area (Å²) in [7, 11) is 0. The van der Waals surface area contributed by atoms with Crippen molar-refractivity contribution >= 4 is 17.7 Å². The number of nitrogens with one attached hydrogen (secondary N) is 1. The molecule has 1 aromatic rings. The predicted molar refractivity (Wildman–Crippen MR) is 66.1 cm³/mol. The lowest BCUT2D eigenvalue weighted by Crippen LogP contribution is -2.30. The highest BCUT2D eigenvalue weighted by Gasteiger charge is 2.10. The predicted octanol–water partition coefficient (Wildman–Crippen LogP) is 1.65. The maximum absolute atomic E-state index is 10.9. The first-order valence-electron chi connectivity index (χ1n) is 5.53. The van der Waals surface area contributed by atoms with Crippen LogP contribution < -0.4 is 11.3 Å². The Labute approximate surface area is 99.8 Å². The Morgan fingerprint density at radius 1 is 1.38 bits per heavy atom. The van der Waals surface area contributed by atoms with Gasteiger partial charge < -0.3 is 0 Å². The van der Waals surface area contributed by atoms with Crippen LogP contribution in [0.1, 0.15) is 24.0 Å². The highest BCUT2D eigenvalue weighted by molar-refractivity contribution is 7.99. The lowest BCUT2D eigenvalue weighted by molar-refractivity contribution is -0.120. The van der Waals surface area contributed by atoms with Crippen LogP contribution in [0.4, 0.5) is 0 Å². The molecule has 0 saturated heterocycles. The van der Waals surface area contributed by atoms with Gasteiger partial charge >= 0.3 is 0 Å². The van der Waals surface area contributed by atoms with Crippen LogP contribution in [0.2, 0.25) is 0 Å². The van der Waals surface area contributed by atoms with Crippen molar-refractivity contribution in [1.82, 2.24) is 5.43 Å². The fourth-order valence-corrected chi connectivity index (χ4v) is 2.88. The zero-order valence-electron chi connectivity index (χ0n) is 9.16. The molecule has 0 atom stereocenters. The van der Waals surface area contributed by atoms with Gasteiger partial charge in [0.05, 0.1) is 0 Å². The maximum Gasteiger partial charge on any atom is 0.234 e. The molecule has 16 heavy (non-hydrogen) atoms. The molecule has 0 unspecified atom stereocenters. The first-order chi connectivity index (χ1) is 7.79. The molecule has 1 amide bonds. The third kappa shape index (κ3) is 2.77. The lowest BCUT2D eigenvalue weighted by Gasteiger charge is -2.04. The lowest BCUT2D eigenvalue weighted by atomic mass is 10.1. The number of rotatable bonds is 4. The summed E-state index contributed by atoms with van der Waals surface area (Å²) in [5.74, 6) is 5.69. The number of amides is 1. The molecule has 3 nitrogen and oxygen atoms in total. The molecular formula is C12H16N2OS. The van der Waals surface area contributed by atoms with E-state index in [0.29, 0.717) is 6.42 Å². The monoisotopic (exact) mass is 236 g/mol. The van der Waals surface area contributed by atoms with Gasteiger partial charge in [0.25, 0.3) is 0 Å². The van der Waals surface area contributed by atoms with E-state index in [-0.39, 0.29) is 5.91 Å². The molecular weight excluding hydrogens is 220 g/mol. The number of benzene rings is 1. The van der Waals surface area contributed by atoms with Gasteiger partial charge in [-0.2, -0.15) is 0 Å². The van der Waals surface area contributed by atoms with E-state index < -0.39 is 0 Å². The van der Waals surface area contributed by atoms with Gasteiger partial charge in [-0.25, -0.2) is 5.84 Å². The topological polar surface area (TPSA) is 55.1 Å². The third-order valence-electron chi connectivity index (χ3n) is 2.83. The number of carbonyl (C=O) groups excluding carboxylic acids is 1. The second-order valence-electron chi connectivity index (χ2n) is 3.95. The van der Waals surface area contributed by atoms with Crippen LogP contribution in [-0.2, 0) is 17.6 Å². The van der Waals surface area contributed by atoms with Crippen molar-refractivity contribution in [1.29, 1.82) is 0 Å². The van der Waals surface area contributed by atoms with E-state index in [4.69, 9.17) is 5.84 Å². The average Bonchev–Trinajstić information content (AvgIpc) is 2.76. The second kappa shape index (κ2) is 5.37. The summed E-state index contributed by atoms with van der Waals surface area (Å²) >= 11 is 1.71. The summed E-state index contributed by atoms with van der Waals surface area (Å²) in [6.07, 6.45) is 4.17. The zero-order valence-corrected chi connectivity index (χ0v) is 9.98. The molecule has 0 radical (unpaired) electrons. The quantitative estimate of drug-likeness (QED) is 0.362. The molecule has 1 aliphatic carbocycles. The Hall–Kier alpha value is -1.00. The minimum absolute atomic E-state index is 0.103. The van der Waals surface area contributed by atoms with Crippen LogP contribution in [0, 0.1) is 0 Å². The van der Waals surface area contributed by atoms with Crippen molar-refractivity contribution in [3.63, 3.8) is 0 Å². The van der Waals surface area contributed by atoms with Crippen molar-refractivity contribution < 1.29 is 4.79 Å². The van der Waals surface area contributed by atoms with Gasteiger partial charge in [-0.15, -0.1) is 11.8 Å². The molecule has 3 N–H and O–H groups in total. The number of aryl methyl sites for hydroxylation is 2. The molecule has 0 heterocycles. The SMILES string of the molecule is NNC(=O)CCSc1ccc2c(c1)CCC2. The molecule has 1 aliphatic rings. The largest absolute Gasteiger partial charge is 0.294 e. The van der Waals surface area contributed by atoms with Gasteiger partial charge in [0.1, 0.15) is 0 Å². The summed E-state index contributed by atoms with van der Waals surface area (Å²) in [6.45, 7) is 0. The van der Waals surface area contributed by atoms with E-state index in [0.717, 1.165) is 5.75 Å². The van der Waals surface area contributed by atoms with E-state index in [1.165, 1.54) is 35.3 Å². The minimum Gasteiger partial charge on any atom is -0.294 e. The fourth-order valence-electron chi connectivity index (χ4n) is 1.97. The first kappa shape index (κ1) is 11.5. The minimum atomic E-state index is -0.103. The van der Waals surface area contributed by atoms with Gasteiger partial charge in [0, 0.05) is 17.1 Å². The van der Waals surface area contributed by atoms with Crippen LogP contribution in [-0.4, -0.2) is 11.7 Å². The molecule has 1 aromatic carbocycles. The smallest absolute Gasteiger partial charge is 0.234 e. The average molecular weight is 236 g/mol. The van der Waals surface area contributed by atoms with E-state index in [1.54, 1.807) is 11.8 Å². The van der Waals surface area contributed by atoms with Gasteiger partial charge in [0.15, 0.2) is 0 Å². The highest BCUT2D eigenvalue weighted by atomic mass is 32.2. The Morgan fingerprint density at radius 2 is 2.19 bits per heavy atom. The third-order valence-corrected chi connectivity index (χ3v) is 3.82. The molecule has 4 heteroatoms. The van der Waals surface area contributed by atoms with Gasteiger partial charge in [0.2, 0.25) is 5.91 Å².